The first-order chi connectivity index (χ1) is 9.21. The van der Waals surface area contributed by atoms with Gasteiger partial charge in [0.05, 0.1) is 17.9 Å². The van der Waals surface area contributed by atoms with E-state index in [0.29, 0.717) is 17.7 Å². The summed E-state index contributed by atoms with van der Waals surface area (Å²) < 4.78 is 0. The Balaban J connectivity index is 3.22. The van der Waals surface area contributed by atoms with Gasteiger partial charge in [0.25, 0.3) is 0 Å². The molecule has 0 atom stereocenters. The summed E-state index contributed by atoms with van der Waals surface area (Å²) in [4.78, 5) is 12.8. The normalized spacial score (nSPS) is 10.3. The minimum absolute atomic E-state index is 0.0385. The molecule has 0 aliphatic heterocycles. The zero-order valence-electron chi connectivity index (χ0n) is 11.5. The molecule has 0 bridgehead atoms. The van der Waals surface area contributed by atoms with Gasteiger partial charge in [-0.15, -0.1) is 0 Å². The van der Waals surface area contributed by atoms with E-state index in [2.05, 4.69) is 19.9 Å². The quantitative estimate of drug-likeness (QED) is 0.764. The highest BCUT2D eigenvalue weighted by molar-refractivity contribution is 5.78. The molecular weight excluding hydrogens is 240 g/mol. The van der Waals surface area contributed by atoms with E-state index in [9.17, 15) is 15.2 Å². The van der Waals surface area contributed by atoms with Crippen LogP contribution < -0.4 is 4.90 Å². The Bertz CT molecular complexity index is 462. The summed E-state index contributed by atoms with van der Waals surface area (Å²) in [7, 11) is 0. The van der Waals surface area contributed by atoms with Crippen LogP contribution in [0.5, 0.6) is 0 Å². The number of hydrogen-bond acceptors (Lipinski definition) is 4. The summed E-state index contributed by atoms with van der Waals surface area (Å²) in [5.41, 5.74) is 1.76. The number of aliphatic hydroxyl groups excluding tert-OH is 1. The van der Waals surface area contributed by atoms with Crippen LogP contribution in [0.25, 0.3) is 0 Å². The van der Waals surface area contributed by atoms with Crippen LogP contribution in [-0.2, 0) is 0 Å². The van der Waals surface area contributed by atoms with Crippen LogP contribution in [0.3, 0.4) is 0 Å². The van der Waals surface area contributed by atoms with Crippen LogP contribution in [0.15, 0.2) is 18.2 Å². The third-order valence-corrected chi connectivity index (χ3v) is 3.31. The van der Waals surface area contributed by atoms with Gasteiger partial charge in [-0.25, -0.2) is 0 Å². The van der Waals surface area contributed by atoms with E-state index < -0.39 is 0 Å². The average Bonchev–Trinajstić information content (AvgIpc) is 2.46. The third kappa shape index (κ3) is 3.55. The highest BCUT2D eigenvalue weighted by atomic mass is 16.3. The Morgan fingerprint density at radius 2 is 2.11 bits per heavy atom. The molecule has 0 unspecified atom stereocenters. The second-order valence-corrected chi connectivity index (χ2v) is 4.39. The Labute approximate surface area is 114 Å². The van der Waals surface area contributed by atoms with Crippen LogP contribution in [0.2, 0.25) is 0 Å². The molecule has 1 aromatic rings. The number of carbonyl (C=O) groups excluding carboxylic acids is 1. The Morgan fingerprint density at radius 1 is 1.42 bits per heavy atom. The number of nitrogens with zero attached hydrogens (tertiary/aromatic N) is 2. The fraction of sp³-hybridized carbons (Fsp3) is 0.467. The lowest BCUT2D eigenvalue weighted by molar-refractivity contribution is 0.112. The molecule has 0 aliphatic carbocycles. The highest BCUT2D eigenvalue weighted by Gasteiger charge is 2.18. The number of anilines is 1. The predicted molar refractivity (Wildman–Crippen MR) is 75.3 cm³/mol. The van der Waals surface area contributed by atoms with Crippen molar-refractivity contribution in [3.63, 3.8) is 0 Å². The van der Waals surface area contributed by atoms with Crippen LogP contribution in [-0.4, -0.2) is 30.6 Å². The highest BCUT2D eigenvalue weighted by Crippen LogP contribution is 2.25. The first kappa shape index (κ1) is 15.2. The van der Waals surface area contributed by atoms with Crippen molar-refractivity contribution < 1.29 is 9.90 Å². The maximum atomic E-state index is 10.8. The summed E-state index contributed by atoms with van der Waals surface area (Å²) in [6, 6.07) is 7.49. The molecule has 4 heteroatoms. The van der Waals surface area contributed by atoms with E-state index in [1.54, 1.807) is 18.2 Å². The van der Waals surface area contributed by atoms with E-state index in [1.165, 1.54) is 0 Å². The molecule has 1 rings (SSSR count). The molecule has 0 saturated carbocycles. The molecule has 0 fully saturated rings. The smallest absolute Gasteiger partial charge is 0.150 e. The van der Waals surface area contributed by atoms with Gasteiger partial charge >= 0.3 is 0 Å². The van der Waals surface area contributed by atoms with E-state index >= 15 is 0 Å². The number of hydrogen-bond donors (Lipinski definition) is 1. The van der Waals surface area contributed by atoms with Gasteiger partial charge in [0.2, 0.25) is 0 Å². The van der Waals surface area contributed by atoms with Gasteiger partial charge in [0, 0.05) is 18.2 Å². The van der Waals surface area contributed by atoms with Crippen LogP contribution in [0.1, 0.15) is 42.6 Å². The lowest BCUT2D eigenvalue weighted by Gasteiger charge is -2.32. The molecule has 0 aromatic heterocycles. The summed E-state index contributed by atoms with van der Waals surface area (Å²) in [6.45, 7) is 4.70. The first-order valence-electron chi connectivity index (χ1n) is 6.58. The van der Waals surface area contributed by atoms with E-state index in [4.69, 9.17) is 0 Å². The number of aliphatic hydroxyl groups is 1. The molecule has 0 saturated heterocycles. The largest absolute Gasteiger partial charge is 0.395 e. The summed E-state index contributed by atoms with van der Waals surface area (Å²) in [5, 5.41) is 18.4. The molecule has 4 nitrogen and oxygen atoms in total. The molecule has 1 aromatic carbocycles. The zero-order chi connectivity index (χ0) is 14.3. The van der Waals surface area contributed by atoms with Gasteiger partial charge in [-0.3, -0.25) is 4.79 Å². The molecular formula is C15H20N2O2. The number of benzene rings is 1. The van der Waals surface area contributed by atoms with Gasteiger partial charge in [0.15, 0.2) is 0 Å². The number of aldehydes is 1. The number of rotatable bonds is 7. The molecule has 0 radical (unpaired) electrons. The minimum Gasteiger partial charge on any atom is -0.395 e. The molecule has 1 N–H and O–H groups in total. The maximum absolute atomic E-state index is 10.8. The van der Waals surface area contributed by atoms with Crippen molar-refractivity contribution in [1.29, 1.82) is 5.26 Å². The molecule has 0 aliphatic rings. The fourth-order valence-electron chi connectivity index (χ4n) is 2.30. The van der Waals surface area contributed by atoms with Crippen molar-refractivity contribution in [1.82, 2.24) is 0 Å². The SMILES string of the molecule is CCC(CC)N(CCO)c1ccc(C=O)cc1C#N. The summed E-state index contributed by atoms with van der Waals surface area (Å²) in [5.74, 6) is 0. The van der Waals surface area contributed by atoms with E-state index in [0.717, 1.165) is 24.8 Å². The monoisotopic (exact) mass is 260 g/mol. The van der Waals surface area contributed by atoms with Gasteiger partial charge in [-0.05, 0) is 31.0 Å². The Kier molecular flexibility index (Phi) is 6.04. The third-order valence-electron chi connectivity index (χ3n) is 3.31. The van der Waals surface area contributed by atoms with Crippen molar-refractivity contribution in [2.24, 2.45) is 0 Å². The van der Waals surface area contributed by atoms with Crippen LogP contribution in [0, 0.1) is 11.3 Å². The molecule has 102 valence electrons. The maximum Gasteiger partial charge on any atom is 0.150 e. The van der Waals surface area contributed by atoms with E-state index in [-0.39, 0.29) is 12.6 Å². The minimum atomic E-state index is 0.0385. The lowest BCUT2D eigenvalue weighted by Crippen LogP contribution is -2.37. The number of carbonyl (C=O) groups is 1. The fourth-order valence-corrected chi connectivity index (χ4v) is 2.30. The zero-order valence-corrected chi connectivity index (χ0v) is 11.5. The van der Waals surface area contributed by atoms with Crippen molar-refractivity contribution in [2.45, 2.75) is 32.7 Å². The second-order valence-electron chi connectivity index (χ2n) is 4.39. The standard InChI is InChI=1S/C15H20N2O2/c1-3-14(4-2)17(7-8-18)15-6-5-12(11-19)9-13(15)10-16/h5-6,9,11,14,18H,3-4,7-8H2,1-2H3. The molecule has 0 heterocycles. The molecule has 0 amide bonds. The van der Waals surface area contributed by atoms with Crippen molar-refractivity contribution in [2.75, 3.05) is 18.1 Å². The Hall–Kier alpha value is -1.86. The molecule has 19 heavy (non-hydrogen) atoms. The lowest BCUT2D eigenvalue weighted by atomic mass is 10.0. The van der Waals surface area contributed by atoms with Crippen molar-refractivity contribution in [3.8, 4) is 6.07 Å². The average molecular weight is 260 g/mol. The number of nitriles is 1. The van der Waals surface area contributed by atoms with Gasteiger partial charge in [-0.2, -0.15) is 5.26 Å². The topological polar surface area (TPSA) is 64.3 Å². The summed E-state index contributed by atoms with van der Waals surface area (Å²) in [6.07, 6.45) is 2.62. The predicted octanol–water partition coefficient (Wildman–Crippen LogP) is 2.36. The van der Waals surface area contributed by atoms with Crippen LogP contribution >= 0.6 is 0 Å². The second kappa shape index (κ2) is 7.55. The van der Waals surface area contributed by atoms with Gasteiger partial charge in [0.1, 0.15) is 12.4 Å². The first-order valence-corrected chi connectivity index (χ1v) is 6.58. The van der Waals surface area contributed by atoms with Crippen molar-refractivity contribution >= 4 is 12.0 Å². The Morgan fingerprint density at radius 3 is 2.58 bits per heavy atom. The van der Waals surface area contributed by atoms with Gasteiger partial charge in [-0.1, -0.05) is 13.8 Å². The van der Waals surface area contributed by atoms with E-state index in [1.807, 2.05) is 4.90 Å². The summed E-state index contributed by atoms with van der Waals surface area (Å²) >= 11 is 0. The van der Waals surface area contributed by atoms with Crippen molar-refractivity contribution in [3.05, 3.63) is 29.3 Å². The molecule has 0 spiro atoms. The van der Waals surface area contributed by atoms with Gasteiger partial charge < -0.3 is 10.0 Å². The van der Waals surface area contributed by atoms with Crippen LogP contribution in [0.4, 0.5) is 5.69 Å².